The number of allylic oxidation sites excluding steroid dienone is 4. The Bertz CT molecular complexity index is 4380. The predicted octanol–water partition coefficient (Wildman–Crippen LogP) is 19.2. The molecule has 14 rings (SSSR count). The van der Waals surface area contributed by atoms with Gasteiger partial charge in [-0.25, -0.2) is 0 Å². The second-order valence-corrected chi connectivity index (χ2v) is 20.1. The molecule has 374 valence electrons. The lowest BCUT2D eigenvalue weighted by Crippen LogP contribution is -2.09. The smallest absolute Gasteiger partial charge is 0.115 e. The zero-order valence-corrected chi connectivity index (χ0v) is 44.4. The van der Waals surface area contributed by atoms with Crippen molar-refractivity contribution in [3.8, 4) is 38.4 Å². The number of hydrogen-bond donors (Lipinski definition) is 2. The summed E-state index contributed by atoms with van der Waals surface area (Å²) >= 11 is 1.91. The van der Waals surface area contributed by atoms with E-state index in [1.807, 2.05) is 86.7 Å². The van der Waals surface area contributed by atoms with Crippen LogP contribution in [0.3, 0.4) is 0 Å². The fourth-order valence-electron chi connectivity index (χ4n) is 10.7. The van der Waals surface area contributed by atoms with E-state index in [1.165, 1.54) is 80.6 Å². The van der Waals surface area contributed by atoms with Gasteiger partial charge in [0.2, 0.25) is 0 Å². The number of fused-ring (bicyclic) bond motifs is 11. The Morgan fingerprint density at radius 3 is 1.84 bits per heavy atom. The van der Waals surface area contributed by atoms with Crippen LogP contribution in [0.15, 0.2) is 261 Å². The quantitative estimate of drug-likeness (QED) is 0.0722. The topological polar surface area (TPSA) is 74.3 Å². The standard InChI is InChI=1S/C56H36N4S.C7H9N.C5H8.C3H6/c57-47-21-7-4-18-42(47)55(37-24-27-41-39-16-6-9-23-50(39)60(51(41)32-37)38-14-2-1-3-15-38)58-33-59-48-22-8-5-17-40(48)45-30-35(25-28-49(45)59)36-26-29-52-46(31-36)54-43-19-10-12-34-13-11-20-44(53(34)43)56(54)61-52;1-6-4-2-3-5-7(6)8;1-3-5-4-2;1-3-2/h1-32H,33,57H2;2-5H,8H2,1H3;3-5H,1H2,2H3;3H,1H2,2H3/b58-55-;;5-4-;. The van der Waals surface area contributed by atoms with Crippen molar-refractivity contribution in [1.82, 2.24) is 9.13 Å². The molecule has 3 heterocycles. The summed E-state index contributed by atoms with van der Waals surface area (Å²) in [5.74, 6) is 0. The van der Waals surface area contributed by atoms with Crippen molar-refractivity contribution in [2.45, 2.75) is 27.4 Å². The summed E-state index contributed by atoms with van der Waals surface area (Å²) in [7, 11) is 0. The van der Waals surface area contributed by atoms with Crippen molar-refractivity contribution in [3.63, 3.8) is 0 Å². The molecule has 0 radical (unpaired) electrons. The summed E-state index contributed by atoms with van der Waals surface area (Å²) in [6.45, 7) is 13.1. The van der Waals surface area contributed by atoms with E-state index in [2.05, 4.69) is 198 Å². The molecular formula is C71H59N5S. The third-order valence-electron chi connectivity index (χ3n) is 14.3. The summed E-state index contributed by atoms with van der Waals surface area (Å²) < 4.78 is 6.03. The molecule has 13 aromatic rings. The van der Waals surface area contributed by atoms with Crippen LogP contribution in [0.4, 0.5) is 11.4 Å². The van der Waals surface area contributed by atoms with Gasteiger partial charge in [-0.05, 0) is 121 Å². The van der Waals surface area contributed by atoms with Crippen molar-refractivity contribution in [3.05, 3.63) is 273 Å². The Morgan fingerprint density at radius 2 is 1.16 bits per heavy atom. The molecule has 4 N–H and O–H groups in total. The van der Waals surface area contributed by atoms with E-state index >= 15 is 0 Å². The molecule has 0 aliphatic heterocycles. The molecule has 0 amide bonds. The van der Waals surface area contributed by atoms with Crippen LogP contribution in [0, 0.1) is 6.92 Å². The predicted molar refractivity (Wildman–Crippen MR) is 336 cm³/mol. The van der Waals surface area contributed by atoms with Crippen LogP contribution >= 0.6 is 11.3 Å². The first kappa shape index (κ1) is 49.7. The zero-order chi connectivity index (χ0) is 53.0. The molecule has 0 atom stereocenters. The monoisotopic (exact) mass is 1010 g/mol. The van der Waals surface area contributed by atoms with Crippen molar-refractivity contribution >= 4 is 92.9 Å². The van der Waals surface area contributed by atoms with Crippen molar-refractivity contribution < 1.29 is 0 Å². The first-order chi connectivity index (χ1) is 37.8. The molecule has 77 heavy (non-hydrogen) atoms. The number of nitrogens with two attached hydrogens (primary N) is 2. The van der Waals surface area contributed by atoms with Gasteiger partial charge in [-0.3, -0.25) is 4.99 Å². The van der Waals surface area contributed by atoms with E-state index < -0.39 is 0 Å². The first-order valence-electron chi connectivity index (χ1n) is 26.0. The highest BCUT2D eigenvalue weighted by atomic mass is 32.1. The molecule has 1 aliphatic carbocycles. The number of para-hydroxylation sites is 5. The summed E-state index contributed by atoms with van der Waals surface area (Å²) in [5, 5.41) is 8.86. The summed E-state index contributed by atoms with van der Waals surface area (Å²) in [4.78, 5) is 6.88. The third-order valence-corrected chi connectivity index (χ3v) is 15.5. The minimum atomic E-state index is 0.422. The number of nitrogen functional groups attached to an aromatic ring is 2. The number of hydrogen-bond acceptors (Lipinski definition) is 4. The molecule has 0 bridgehead atoms. The van der Waals surface area contributed by atoms with Crippen molar-refractivity contribution in [2.24, 2.45) is 4.99 Å². The number of anilines is 2. The van der Waals surface area contributed by atoms with E-state index in [-0.39, 0.29) is 0 Å². The van der Waals surface area contributed by atoms with Gasteiger partial charge < -0.3 is 20.6 Å². The Balaban J connectivity index is 0.000000345. The Hall–Kier alpha value is -9.49. The van der Waals surface area contributed by atoms with Crippen molar-refractivity contribution in [2.75, 3.05) is 11.5 Å². The summed E-state index contributed by atoms with van der Waals surface area (Å²) in [5.41, 5.74) is 30.0. The molecule has 3 aromatic heterocycles. The molecule has 5 nitrogen and oxygen atoms in total. The lowest BCUT2D eigenvalue weighted by molar-refractivity contribution is 0.793. The van der Waals surface area contributed by atoms with Crippen LogP contribution in [-0.4, -0.2) is 14.8 Å². The highest BCUT2D eigenvalue weighted by Gasteiger charge is 2.26. The maximum atomic E-state index is 6.76. The molecule has 1 aliphatic rings. The summed E-state index contributed by atoms with van der Waals surface area (Å²) in [6.07, 6.45) is 7.33. The zero-order valence-electron chi connectivity index (χ0n) is 43.6. The van der Waals surface area contributed by atoms with Gasteiger partial charge in [0.1, 0.15) is 6.67 Å². The van der Waals surface area contributed by atoms with Gasteiger partial charge in [0.15, 0.2) is 0 Å². The fourth-order valence-corrected chi connectivity index (χ4v) is 12.0. The van der Waals surface area contributed by atoms with Gasteiger partial charge in [0, 0.05) is 75.8 Å². The normalized spacial score (nSPS) is 11.6. The SMILES string of the molecule is C=C/C=C\C.C=CC.Cc1ccccc1N.Nc1ccccc1/C(=N\Cn1c2ccccc2c2cc(-c3ccc4sc5c(c4c3)-c3cccc4cccc-5c34)ccc21)c1ccc2c3ccccc3n(-c3ccccc3)c2c1. The average Bonchev–Trinajstić information content (AvgIpc) is 4.30. The largest absolute Gasteiger partial charge is 0.399 e. The van der Waals surface area contributed by atoms with E-state index in [1.54, 1.807) is 12.2 Å². The Kier molecular flexibility index (Phi) is 14.1. The highest BCUT2D eigenvalue weighted by molar-refractivity contribution is 7.23. The molecule has 0 saturated carbocycles. The second-order valence-electron chi connectivity index (χ2n) is 19.1. The van der Waals surface area contributed by atoms with E-state index in [4.69, 9.17) is 16.5 Å². The fraction of sp³-hybridized carbons (Fsp3) is 0.0563. The molecule has 0 fully saturated rings. The average molecular weight is 1010 g/mol. The maximum absolute atomic E-state index is 6.76. The van der Waals surface area contributed by atoms with Crippen LogP contribution in [0.25, 0.3) is 103 Å². The minimum Gasteiger partial charge on any atom is -0.399 e. The van der Waals surface area contributed by atoms with Crippen molar-refractivity contribution in [1.29, 1.82) is 0 Å². The van der Waals surface area contributed by atoms with E-state index in [0.717, 1.165) is 50.3 Å². The number of nitrogens with zero attached hydrogens (tertiary/aromatic N) is 3. The van der Waals surface area contributed by atoms with Crippen LogP contribution in [0.2, 0.25) is 0 Å². The molecule has 6 heteroatoms. The number of aryl methyl sites for hydroxylation is 1. The van der Waals surface area contributed by atoms with E-state index in [9.17, 15) is 0 Å². The third kappa shape index (κ3) is 9.30. The number of aliphatic imine (C=N–C) groups is 1. The molecule has 10 aromatic carbocycles. The summed E-state index contributed by atoms with van der Waals surface area (Å²) in [6, 6.07) is 77.9. The van der Waals surface area contributed by atoms with E-state index in [0.29, 0.717) is 12.4 Å². The van der Waals surface area contributed by atoms with Crippen LogP contribution in [-0.2, 0) is 6.67 Å². The van der Waals surface area contributed by atoms with Gasteiger partial charge in [-0.15, -0.1) is 17.9 Å². The van der Waals surface area contributed by atoms with Crippen LogP contribution < -0.4 is 11.5 Å². The lowest BCUT2D eigenvalue weighted by Gasteiger charge is -2.13. The number of benzene rings is 10. The van der Waals surface area contributed by atoms with Gasteiger partial charge in [-0.2, -0.15) is 0 Å². The first-order valence-corrected chi connectivity index (χ1v) is 26.8. The second kappa shape index (κ2) is 21.8. The van der Waals surface area contributed by atoms with Gasteiger partial charge >= 0.3 is 0 Å². The van der Waals surface area contributed by atoms with Gasteiger partial charge in [-0.1, -0.05) is 183 Å². The van der Waals surface area contributed by atoms with Gasteiger partial charge in [0.25, 0.3) is 0 Å². The van der Waals surface area contributed by atoms with Crippen LogP contribution in [0.1, 0.15) is 30.5 Å². The highest BCUT2D eigenvalue weighted by Crippen LogP contribution is 2.55. The lowest BCUT2D eigenvalue weighted by atomic mass is 9.98. The number of rotatable bonds is 7. The minimum absolute atomic E-state index is 0.422. The molecule has 0 spiro atoms. The maximum Gasteiger partial charge on any atom is 0.115 e. The molecule has 0 unspecified atom stereocenters. The number of thiophene rings is 1. The van der Waals surface area contributed by atoms with Gasteiger partial charge in [0.05, 0.1) is 27.8 Å². The molecular weight excluding hydrogens is 955 g/mol. The Morgan fingerprint density at radius 1 is 0.545 bits per heavy atom. The van der Waals surface area contributed by atoms with Crippen LogP contribution in [0.5, 0.6) is 0 Å². The molecule has 0 saturated heterocycles. The number of aromatic nitrogens is 2. The Labute approximate surface area is 454 Å².